The van der Waals surface area contributed by atoms with E-state index in [-0.39, 0.29) is 58.7 Å². The van der Waals surface area contributed by atoms with E-state index < -0.39 is 70.7 Å². The van der Waals surface area contributed by atoms with Gasteiger partial charge < -0.3 is 15.0 Å². The first-order valence-electron chi connectivity index (χ1n) is 15.5. The fourth-order valence-electron chi connectivity index (χ4n) is 6.04. The molecular formula is C36H34F6N4O4. The summed E-state index contributed by atoms with van der Waals surface area (Å²) in [6.45, 7) is 6.33. The monoisotopic (exact) mass is 700 g/mol. The van der Waals surface area contributed by atoms with Gasteiger partial charge in [-0.15, -0.1) is 6.42 Å². The zero-order chi connectivity index (χ0) is 37.1. The van der Waals surface area contributed by atoms with Crippen LogP contribution in [0.1, 0.15) is 72.2 Å². The van der Waals surface area contributed by atoms with Gasteiger partial charge in [-0.05, 0) is 79.1 Å². The number of halogens is 6. The van der Waals surface area contributed by atoms with Gasteiger partial charge in [-0.3, -0.25) is 19.1 Å². The maximum Gasteiger partial charge on any atom is 0.416 e. The summed E-state index contributed by atoms with van der Waals surface area (Å²) < 4.78 is 90.7. The van der Waals surface area contributed by atoms with Gasteiger partial charge in [0, 0.05) is 47.9 Å². The lowest BCUT2D eigenvalue weighted by molar-refractivity contribution is -0.139. The van der Waals surface area contributed by atoms with E-state index in [1.807, 2.05) is 0 Å². The largest absolute Gasteiger partial charge is 0.481 e. The van der Waals surface area contributed by atoms with Gasteiger partial charge >= 0.3 is 12.1 Å². The summed E-state index contributed by atoms with van der Waals surface area (Å²) in [4.78, 5) is 39.2. The summed E-state index contributed by atoms with van der Waals surface area (Å²) in [7, 11) is 0. The van der Waals surface area contributed by atoms with Crippen LogP contribution in [0.5, 0.6) is 0 Å². The minimum atomic E-state index is -4.90. The number of hydrogen-bond donors (Lipinski definition) is 2. The highest BCUT2D eigenvalue weighted by Crippen LogP contribution is 2.38. The lowest BCUT2D eigenvalue weighted by Gasteiger charge is -2.27. The van der Waals surface area contributed by atoms with E-state index in [9.17, 15) is 37.1 Å². The second-order valence-electron chi connectivity index (χ2n) is 12.3. The summed E-state index contributed by atoms with van der Waals surface area (Å²) in [5, 5.41) is 16.1. The number of rotatable bonds is 12. The second kappa shape index (κ2) is 15.1. The molecule has 2 N–H and O–H groups in total. The number of carboxylic acid groups (broad SMARTS) is 1. The topological polar surface area (TPSA) is 106 Å². The van der Waals surface area contributed by atoms with Gasteiger partial charge in [-0.2, -0.15) is 18.3 Å². The number of aromatic nitrogens is 3. The van der Waals surface area contributed by atoms with Gasteiger partial charge in [-0.25, -0.2) is 13.2 Å². The SMILES string of the molecule is C#Cc1cc(F)c([C@H](CC(=O)O)NC(=O)[C@H](CC(C)C)n2cc(CCn3cccn3)c(C(F)(F)F)cc2=O)c(F)c1-c1c(C)cc(F)cc1C. The van der Waals surface area contributed by atoms with Gasteiger partial charge in [0.1, 0.15) is 23.5 Å². The van der Waals surface area contributed by atoms with E-state index in [2.05, 4.69) is 16.3 Å². The van der Waals surface area contributed by atoms with Crippen molar-refractivity contribution in [2.45, 2.75) is 71.8 Å². The third-order valence-electron chi connectivity index (χ3n) is 8.17. The van der Waals surface area contributed by atoms with Crippen LogP contribution in [0.15, 0.2) is 53.7 Å². The van der Waals surface area contributed by atoms with E-state index in [0.29, 0.717) is 6.07 Å². The van der Waals surface area contributed by atoms with Crippen LogP contribution >= 0.6 is 0 Å². The molecule has 2 aromatic carbocycles. The van der Waals surface area contributed by atoms with Crippen molar-refractivity contribution in [3.05, 3.63) is 110 Å². The number of carbonyl (C=O) groups is 2. The van der Waals surface area contributed by atoms with Crippen LogP contribution in [0.2, 0.25) is 0 Å². The summed E-state index contributed by atoms with van der Waals surface area (Å²) in [6.07, 6.45) is 3.22. The van der Waals surface area contributed by atoms with Gasteiger partial charge in [0.05, 0.1) is 18.0 Å². The fraction of sp³-hybridized carbons (Fsp3) is 0.333. The van der Waals surface area contributed by atoms with Crippen LogP contribution in [-0.2, 0) is 28.7 Å². The molecule has 50 heavy (non-hydrogen) atoms. The van der Waals surface area contributed by atoms with Crippen molar-refractivity contribution >= 4 is 11.9 Å². The molecule has 0 saturated carbocycles. The number of aliphatic carboxylic acids is 1. The Morgan fingerprint density at radius 3 is 2.26 bits per heavy atom. The lowest BCUT2D eigenvalue weighted by atomic mass is 9.88. The van der Waals surface area contributed by atoms with E-state index in [1.165, 1.54) is 24.7 Å². The molecule has 0 aliphatic carbocycles. The molecule has 1 amide bonds. The maximum absolute atomic E-state index is 16.5. The molecule has 4 rings (SSSR count). The molecule has 8 nitrogen and oxygen atoms in total. The molecule has 4 aromatic rings. The standard InChI is InChI=1S/C36H34F6N4O4/c1-6-22-15-26(38)33(34(39)32(22)31-20(4)13-24(37)14-21(31)5)27(17-30(48)49)44-35(50)28(12-19(2)3)46-18-23(8-11-45-10-7-9-43-45)25(16-29(46)47)36(40,41)42/h1,7,9-10,13-16,18-19,27-28H,8,11-12,17H2,2-5H3,(H,44,50)(H,48,49)/t27-,28-/m0/s1. The number of amides is 1. The molecule has 264 valence electrons. The zero-order valence-corrected chi connectivity index (χ0v) is 27.5. The van der Waals surface area contributed by atoms with Crippen LogP contribution in [0.25, 0.3) is 11.1 Å². The van der Waals surface area contributed by atoms with Gasteiger partial charge in [0.25, 0.3) is 5.56 Å². The zero-order valence-electron chi connectivity index (χ0n) is 27.5. The third kappa shape index (κ3) is 8.27. The predicted octanol–water partition coefficient (Wildman–Crippen LogP) is 6.91. The van der Waals surface area contributed by atoms with Crippen LogP contribution in [0, 0.1) is 49.6 Å². The van der Waals surface area contributed by atoms with Crippen LogP contribution in [-0.4, -0.2) is 31.3 Å². The molecule has 0 aliphatic rings. The van der Waals surface area contributed by atoms with Crippen molar-refractivity contribution in [1.82, 2.24) is 19.7 Å². The first kappa shape index (κ1) is 37.5. The van der Waals surface area contributed by atoms with Crippen LogP contribution in [0.4, 0.5) is 26.3 Å². The second-order valence-corrected chi connectivity index (χ2v) is 12.3. The van der Waals surface area contributed by atoms with Crippen molar-refractivity contribution in [3.63, 3.8) is 0 Å². The molecule has 0 aliphatic heterocycles. The summed E-state index contributed by atoms with van der Waals surface area (Å²) in [6, 6.07) is 1.61. The molecule has 2 atom stereocenters. The Labute approximate surface area is 283 Å². The highest BCUT2D eigenvalue weighted by molar-refractivity contribution is 5.82. The molecule has 0 bridgehead atoms. The Kier molecular flexibility index (Phi) is 11.3. The fourth-order valence-corrected chi connectivity index (χ4v) is 6.04. The molecule has 0 fully saturated rings. The lowest BCUT2D eigenvalue weighted by Crippen LogP contribution is -2.41. The number of pyridine rings is 1. The van der Waals surface area contributed by atoms with Gasteiger partial charge in [0.15, 0.2) is 0 Å². The number of benzene rings is 2. The number of carbonyl (C=O) groups excluding carboxylic acids is 1. The van der Waals surface area contributed by atoms with E-state index in [4.69, 9.17) is 6.42 Å². The Bertz CT molecular complexity index is 1990. The Balaban J connectivity index is 1.85. The number of nitrogens with zero attached hydrogens (tertiary/aromatic N) is 3. The molecule has 14 heteroatoms. The Hall–Kier alpha value is -5.32. The third-order valence-corrected chi connectivity index (χ3v) is 8.17. The molecule has 0 radical (unpaired) electrons. The van der Waals surface area contributed by atoms with Crippen molar-refractivity contribution in [2.75, 3.05) is 0 Å². The van der Waals surface area contributed by atoms with Gasteiger partial charge in [-0.1, -0.05) is 19.8 Å². The smallest absolute Gasteiger partial charge is 0.416 e. The first-order chi connectivity index (χ1) is 23.4. The molecule has 0 saturated heterocycles. The number of nitrogens with one attached hydrogen (secondary N) is 1. The molecular weight excluding hydrogens is 666 g/mol. The maximum atomic E-state index is 16.5. The minimum Gasteiger partial charge on any atom is -0.481 e. The molecule has 0 spiro atoms. The average molecular weight is 701 g/mol. The molecule has 2 aromatic heterocycles. The number of carboxylic acids is 1. The number of alkyl halides is 3. The summed E-state index contributed by atoms with van der Waals surface area (Å²) in [5.41, 5.74) is -3.48. The van der Waals surface area contributed by atoms with Gasteiger partial charge in [0.2, 0.25) is 5.91 Å². The minimum absolute atomic E-state index is 0.0115. The average Bonchev–Trinajstić information content (AvgIpc) is 3.52. The van der Waals surface area contributed by atoms with E-state index in [0.717, 1.165) is 29.0 Å². The highest BCUT2D eigenvalue weighted by Gasteiger charge is 2.36. The quantitative estimate of drug-likeness (QED) is 0.124. The Morgan fingerprint density at radius 1 is 1.06 bits per heavy atom. The first-order valence-corrected chi connectivity index (χ1v) is 15.5. The van der Waals surface area contributed by atoms with E-state index >= 15 is 8.78 Å². The summed E-state index contributed by atoms with van der Waals surface area (Å²) >= 11 is 0. The number of hydrogen-bond acceptors (Lipinski definition) is 4. The van der Waals surface area contributed by atoms with Crippen LogP contribution < -0.4 is 10.9 Å². The number of terminal acetylenes is 1. The normalized spacial score (nSPS) is 12.8. The van der Waals surface area contributed by atoms with Crippen molar-refractivity contribution in [1.29, 1.82) is 0 Å². The highest BCUT2D eigenvalue weighted by atomic mass is 19.4. The Morgan fingerprint density at radius 2 is 1.72 bits per heavy atom. The van der Waals surface area contributed by atoms with E-state index in [1.54, 1.807) is 26.1 Å². The summed E-state index contributed by atoms with van der Waals surface area (Å²) in [5.74, 6) is -3.95. The molecule has 2 heterocycles. The van der Waals surface area contributed by atoms with Crippen molar-refractivity contribution < 1.29 is 41.0 Å². The molecule has 0 unspecified atom stereocenters. The van der Waals surface area contributed by atoms with Crippen LogP contribution in [0.3, 0.4) is 0 Å². The number of aryl methyl sites for hydroxylation is 4. The van der Waals surface area contributed by atoms with Crippen molar-refractivity contribution in [2.24, 2.45) is 5.92 Å². The predicted molar refractivity (Wildman–Crippen MR) is 172 cm³/mol. The van der Waals surface area contributed by atoms with Crippen molar-refractivity contribution in [3.8, 4) is 23.5 Å².